The van der Waals surface area contributed by atoms with Crippen LogP contribution in [-0.2, 0) is 40.6 Å². The van der Waals surface area contributed by atoms with E-state index >= 15 is 0 Å². The smallest absolute Gasteiger partial charge is 0.410 e. The van der Waals surface area contributed by atoms with Crippen LogP contribution in [0.3, 0.4) is 0 Å². The second-order valence-corrected chi connectivity index (χ2v) is 10.1. The minimum absolute atomic E-state index is 0.0775. The van der Waals surface area contributed by atoms with Crippen LogP contribution in [0.4, 0.5) is 4.79 Å². The van der Waals surface area contributed by atoms with Gasteiger partial charge in [0.05, 0.1) is 37.2 Å². The van der Waals surface area contributed by atoms with Crippen molar-refractivity contribution in [1.82, 2.24) is 19.8 Å². The summed E-state index contributed by atoms with van der Waals surface area (Å²) in [4.78, 5) is 31.9. The molecule has 2 amide bonds. The molecule has 3 N–H and O–H groups in total. The number of fused-ring (bicyclic) bond motifs is 2. The van der Waals surface area contributed by atoms with E-state index < -0.39 is 17.7 Å². The van der Waals surface area contributed by atoms with Crippen LogP contribution in [0.5, 0.6) is 11.5 Å². The summed E-state index contributed by atoms with van der Waals surface area (Å²) in [5, 5.41) is 2.99. The molecule has 0 saturated heterocycles. The standard InChI is InChI=1S/C28H33N5O6/c1-28(2,29)26(34)31-22(17-36-15-19-7-4-3-5-8-19)25-30-13-21-14-32(11-12-33(21)25)27(35)37-16-20-9-6-10-23-24(20)39-18-38-23/h3-10,13,22H,11-12,14-18,29H2,1-2H3,(H,31,34)/t22-/m1/s1. The zero-order chi connectivity index (χ0) is 27.4. The van der Waals surface area contributed by atoms with Crippen LogP contribution in [0.1, 0.15) is 42.5 Å². The van der Waals surface area contributed by atoms with Crippen molar-refractivity contribution in [2.24, 2.45) is 5.73 Å². The number of carbonyl (C=O) groups is 2. The Balaban J connectivity index is 1.24. The maximum Gasteiger partial charge on any atom is 0.410 e. The summed E-state index contributed by atoms with van der Waals surface area (Å²) < 4.78 is 24.4. The van der Waals surface area contributed by atoms with Crippen LogP contribution in [0.15, 0.2) is 54.7 Å². The number of nitrogens with two attached hydrogens (primary N) is 1. The number of rotatable bonds is 9. The molecular formula is C28H33N5O6. The highest BCUT2D eigenvalue weighted by Crippen LogP contribution is 2.35. The highest BCUT2D eigenvalue weighted by molar-refractivity contribution is 5.85. The monoisotopic (exact) mass is 535 g/mol. The summed E-state index contributed by atoms with van der Waals surface area (Å²) in [6.45, 7) is 5.39. The van der Waals surface area contributed by atoms with Gasteiger partial charge in [-0.05, 0) is 25.5 Å². The molecule has 2 aliphatic rings. The lowest BCUT2D eigenvalue weighted by atomic mass is 10.1. The van der Waals surface area contributed by atoms with Gasteiger partial charge in [-0.1, -0.05) is 42.5 Å². The predicted molar refractivity (Wildman–Crippen MR) is 141 cm³/mol. The van der Waals surface area contributed by atoms with Crippen molar-refractivity contribution in [1.29, 1.82) is 0 Å². The van der Waals surface area contributed by atoms with Gasteiger partial charge in [0, 0.05) is 18.7 Å². The maximum absolute atomic E-state index is 12.9. The Hall–Kier alpha value is -4.09. The van der Waals surface area contributed by atoms with Gasteiger partial charge < -0.3 is 39.5 Å². The van der Waals surface area contributed by atoms with Gasteiger partial charge >= 0.3 is 6.09 Å². The van der Waals surface area contributed by atoms with Crippen LogP contribution < -0.4 is 20.5 Å². The third-order valence-electron chi connectivity index (χ3n) is 6.60. The Morgan fingerprint density at radius 3 is 2.72 bits per heavy atom. The Bertz CT molecular complexity index is 1320. The lowest BCUT2D eigenvalue weighted by molar-refractivity contribution is -0.126. The van der Waals surface area contributed by atoms with E-state index in [2.05, 4.69) is 10.3 Å². The first-order valence-corrected chi connectivity index (χ1v) is 12.8. The first-order chi connectivity index (χ1) is 18.8. The number of ether oxygens (including phenoxy) is 4. The van der Waals surface area contributed by atoms with Crippen molar-refractivity contribution < 1.29 is 28.5 Å². The molecule has 2 aromatic carbocycles. The normalized spacial score (nSPS) is 15.0. The van der Waals surface area contributed by atoms with Gasteiger partial charge in [0.25, 0.3) is 0 Å². The molecule has 11 nitrogen and oxygen atoms in total. The molecule has 2 aliphatic heterocycles. The largest absolute Gasteiger partial charge is 0.454 e. The molecule has 5 rings (SSSR count). The molecule has 0 bridgehead atoms. The Labute approximate surface area is 226 Å². The number of nitrogens with zero attached hydrogens (tertiary/aromatic N) is 3. The molecule has 0 radical (unpaired) electrons. The lowest BCUT2D eigenvalue weighted by Gasteiger charge is -2.30. The zero-order valence-corrected chi connectivity index (χ0v) is 22.1. The van der Waals surface area contributed by atoms with Crippen molar-refractivity contribution >= 4 is 12.0 Å². The van der Waals surface area contributed by atoms with Crippen LogP contribution in [0, 0.1) is 0 Å². The van der Waals surface area contributed by atoms with Crippen molar-refractivity contribution in [2.45, 2.75) is 51.7 Å². The third-order valence-corrected chi connectivity index (χ3v) is 6.60. The number of hydrogen-bond acceptors (Lipinski definition) is 8. The van der Waals surface area contributed by atoms with Crippen LogP contribution >= 0.6 is 0 Å². The van der Waals surface area contributed by atoms with Gasteiger partial charge in [-0.2, -0.15) is 0 Å². The fourth-order valence-electron chi connectivity index (χ4n) is 4.47. The minimum atomic E-state index is -1.06. The topological polar surface area (TPSA) is 130 Å². The number of nitrogens with one attached hydrogen (secondary N) is 1. The van der Waals surface area contributed by atoms with E-state index in [0.29, 0.717) is 43.6 Å². The molecule has 1 aromatic heterocycles. The molecule has 3 aromatic rings. The summed E-state index contributed by atoms with van der Waals surface area (Å²) in [6.07, 6.45) is 1.29. The van der Waals surface area contributed by atoms with E-state index in [9.17, 15) is 9.59 Å². The summed E-state index contributed by atoms with van der Waals surface area (Å²) in [6, 6.07) is 14.8. The van der Waals surface area contributed by atoms with E-state index in [1.807, 2.05) is 53.1 Å². The Morgan fingerprint density at radius 1 is 1.10 bits per heavy atom. The SMILES string of the molecule is CC(C)(N)C(=O)N[C@H](COCc1ccccc1)c1ncc2n1CCN(C(=O)OCc1cccc3c1OCO3)C2. The number of aromatic nitrogens is 2. The number of hydrogen-bond donors (Lipinski definition) is 2. The average Bonchev–Trinajstić information content (AvgIpc) is 3.58. The first kappa shape index (κ1) is 26.5. The summed E-state index contributed by atoms with van der Waals surface area (Å²) >= 11 is 0. The number of imidazole rings is 1. The molecule has 206 valence electrons. The van der Waals surface area contributed by atoms with E-state index in [1.165, 1.54) is 0 Å². The average molecular weight is 536 g/mol. The molecule has 1 atom stereocenters. The molecule has 3 heterocycles. The minimum Gasteiger partial charge on any atom is -0.454 e. The van der Waals surface area contributed by atoms with Gasteiger partial charge in [0.2, 0.25) is 12.7 Å². The van der Waals surface area contributed by atoms with Crippen molar-refractivity contribution in [3.8, 4) is 11.5 Å². The van der Waals surface area contributed by atoms with Crippen molar-refractivity contribution in [3.63, 3.8) is 0 Å². The molecule has 39 heavy (non-hydrogen) atoms. The van der Waals surface area contributed by atoms with Gasteiger partial charge in [-0.3, -0.25) is 4.79 Å². The van der Waals surface area contributed by atoms with Crippen molar-refractivity contribution in [3.05, 3.63) is 77.4 Å². The predicted octanol–water partition coefficient (Wildman–Crippen LogP) is 2.88. The third kappa shape index (κ3) is 6.15. The molecule has 0 fully saturated rings. The second-order valence-electron chi connectivity index (χ2n) is 10.1. The molecular weight excluding hydrogens is 502 g/mol. The molecule has 0 spiro atoms. The molecule has 0 unspecified atom stereocenters. The van der Waals surface area contributed by atoms with Crippen LogP contribution in [-0.4, -0.2) is 51.9 Å². The van der Waals surface area contributed by atoms with E-state index in [4.69, 9.17) is 24.7 Å². The van der Waals surface area contributed by atoms with Crippen LogP contribution in [0.2, 0.25) is 0 Å². The number of benzene rings is 2. The molecule has 11 heteroatoms. The molecule has 0 saturated carbocycles. The number of amides is 2. The van der Waals surface area contributed by atoms with Gasteiger partial charge in [0.15, 0.2) is 11.5 Å². The first-order valence-electron chi connectivity index (χ1n) is 12.8. The van der Waals surface area contributed by atoms with Gasteiger partial charge in [-0.25, -0.2) is 9.78 Å². The highest BCUT2D eigenvalue weighted by Gasteiger charge is 2.31. The zero-order valence-electron chi connectivity index (χ0n) is 22.1. The molecule has 0 aliphatic carbocycles. The summed E-state index contributed by atoms with van der Waals surface area (Å²) in [5.74, 6) is 1.59. The second kappa shape index (κ2) is 11.3. The quantitative estimate of drug-likeness (QED) is 0.428. The van der Waals surface area contributed by atoms with Crippen molar-refractivity contribution in [2.75, 3.05) is 19.9 Å². The maximum atomic E-state index is 12.9. The lowest BCUT2D eigenvalue weighted by Crippen LogP contribution is -2.51. The number of para-hydroxylation sites is 1. The Morgan fingerprint density at radius 2 is 1.92 bits per heavy atom. The van der Waals surface area contributed by atoms with E-state index in [0.717, 1.165) is 16.8 Å². The van der Waals surface area contributed by atoms with Crippen LogP contribution in [0.25, 0.3) is 0 Å². The van der Waals surface area contributed by atoms with E-state index in [1.54, 1.807) is 24.9 Å². The van der Waals surface area contributed by atoms with E-state index in [-0.39, 0.29) is 25.9 Å². The summed E-state index contributed by atoms with van der Waals surface area (Å²) in [7, 11) is 0. The fourth-order valence-corrected chi connectivity index (χ4v) is 4.47. The fraction of sp³-hybridized carbons (Fsp3) is 0.393. The van der Waals surface area contributed by atoms with Gasteiger partial charge in [0.1, 0.15) is 18.5 Å². The van der Waals surface area contributed by atoms with Gasteiger partial charge in [-0.15, -0.1) is 0 Å². The highest BCUT2D eigenvalue weighted by atomic mass is 16.7. The Kier molecular flexibility index (Phi) is 7.71. The summed E-state index contributed by atoms with van der Waals surface area (Å²) in [5.41, 5.74) is 7.58. The number of carbonyl (C=O) groups excluding carboxylic acids is 2.